The average Bonchev–Trinajstić information content (AvgIpc) is 2.72. The van der Waals surface area contributed by atoms with Crippen LogP contribution in [0.15, 0.2) is 0 Å². The third-order valence-corrected chi connectivity index (χ3v) is 4.55. The molecular formula is C19H34O10. The Morgan fingerprint density at radius 3 is 2.31 bits per heavy atom. The number of carbonyl (C=O) groups excluding carboxylic acids is 2. The van der Waals surface area contributed by atoms with Gasteiger partial charge in [-0.25, -0.2) is 0 Å². The van der Waals surface area contributed by atoms with Gasteiger partial charge in [-0.1, -0.05) is 33.1 Å². The number of ether oxygens (including phenoxy) is 4. The maximum atomic E-state index is 12.0. The third-order valence-electron chi connectivity index (χ3n) is 4.55. The monoisotopic (exact) mass is 422 g/mol. The highest BCUT2D eigenvalue weighted by molar-refractivity contribution is 5.70. The molecule has 1 aliphatic heterocycles. The SMILES string of the molecule is CCCCCCC(=O)OC(COC(=O)CC)COC1OC(CO)C(O)C(O)C1O. The highest BCUT2D eigenvalue weighted by Crippen LogP contribution is 2.22. The summed E-state index contributed by atoms with van der Waals surface area (Å²) in [6.07, 6.45) is -4.04. The van der Waals surface area contributed by atoms with Gasteiger partial charge >= 0.3 is 11.9 Å². The minimum Gasteiger partial charge on any atom is -0.462 e. The number of aliphatic hydroxyl groups is 4. The van der Waals surface area contributed by atoms with E-state index in [1.54, 1.807) is 6.92 Å². The lowest BCUT2D eigenvalue weighted by molar-refractivity contribution is -0.305. The van der Waals surface area contributed by atoms with Crippen LogP contribution in [0.5, 0.6) is 0 Å². The lowest BCUT2D eigenvalue weighted by atomic mass is 9.99. The van der Waals surface area contributed by atoms with Crippen molar-refractivity contribution in [1.29, 1.82) is 0 Å². The van der Waals surface area contributed by atoms with Crippen LogP contribution < -0.4 is 0 Å². The van der Waals surface area contributed by atoms with Gasteiger partial charge in [-0.2, -0.15) is 0 Å². The van der Waals surface area contributed by atoms with Gasteiger partial charge in [-0.05, 0) is 6.42 Å². The zero-order valence-electron chi connectivity index (χ0n) is 17.1. The van der Waals surface area contributed by atoms with E-state index >= 15 is 0 Å². The third kappa shape index (κ3) is 8.93. The lowest BCUT2D eigenvalue weighted by Crippen LogP contribution is -2.59. The average molecular weight is 422 g/mol. The molecule has 0 aromatic rings. The number of carbonyl (C=O) groups is 2. The second kappa shape index (κ2) is 13.8. The van der Waals surface area contributed by atoms with Crippen LogP contribution in [0.1, 0.15) is 52.4 Å². The first-order valence-electron chi connectivity index (χ1n) is 10.1. The second-order valence-electron chi connectivity index (χ2n) is 6.99. The molecule has 10 nitrogen and oxygen atoms in total. The smallest absolute Gasteiger partial charge is 0.306 e. The normalized spacial score (nSPS) is 28.0. The van der Waals surface area contributed by atoms with Gasteiger partial charge in [-0.3, -0.25) is 9.59 Å². The summed E-state index contributed by atoms with van der Waals surface area (Å²) >= 11 is 0. The summed E-state index contributed by atoms with van der Waals surface area (Å²) < 4.78 is 21.0. The zero-order valence-corrected chi connectivity index (χ0v) is 17.1. The predicted octanol–water partition coefficient (Wildman–Crippen LogP) is -0.362. The highest BCUT2D eigenvalue weighted by Gasteiger charge is 2.44. The maximum Gasteiger partial charge on any atom is 0.306 e. The van der Waals surface area contributed by atoms with Crippen molar-refractivity contribution < 1.29 is 49.0 Å². The van der Waals surface area contributed by atoms with Crippen LogP contribution in [0.4, 0.5) is 0 Å². The van der Waals surface area contributed by atoms with Crippen molar-refractivity contribution in [2.75, 3.05) is 19.8 Å². The van der Waals surface area contributed by atoms with E-state index in [0.717, 1.165) is 19.3 Å². The molecule has 10 heteroatoms. The highest BCUT2D eigenvalue weighted by atomic mass is 16.7. The quantitative estimate of drug-likeness (QED) is 0.229. The number of esters is 2. The molecule has 4 N–H and O–H groups in total. The molecule has 0 radical (unpaired) electrons. The van der Waals surface area contributed by atoms with E-state index in [1.165, 1.54) is 0 Å². The molecule has 0 saturated carbocycles. The fourth-order valence-corrected chi connectivity index (χ4v) is 2.75. The van der Waals surface area contributed by atoms with Crippen molar-refractivity contribution in [2.45, 2.75) is 89.2 Å². The second-order valence-corrected chi connectivity index (χ2v) is 6.99. The molecule has 0 aromatic heterocycles. The summed E-state index contributed by atoms with van der Waals surface area (Å²) in [6, 6.07) is 0. The van der Waals surface area contributed by atoms with Crippen molar-refractivity contribution in [3.05, 3.63) is 0 Å². The van der Waals surface area contributed by atoms with E-state index in [2.05, 4.69) is 6.92 Å². The molecule has 0 amide bonds. The van der Waals surface area contributed by atoms with Crippen LogP contribution in [-0.4, -0.2) is 89.0 Å². The van der Waals surface area contributed by atoms with Crippen molar-refractivity contribution in [3.63, 3.8) is 0 Å². The first-order chi connectivity index (χ1) is 13.8. The summed E-state index contributed by atoms with van der Waals surface area (Å²) in [6.45, 7) is 2.59. The standard InChI is InChI=1S/C19H34O10/c1-3-5-6-7-8-15(22)28-12(10-26-14(21)4-2)11-27-19-18(25)17(24)16(23)13(9-20)29-19/h12-13,16-20,23-25H,3-11H2,1-2H3. The molecule has 0 aromatic carbocycles. The molecular weight excluding hydrogens is 388 g/mol. The molecule has 6 atom stereocenters. The Hall–Kier alpha value is -1.30. The van der Waals surface area contributed by atoms with Crippen molar-refractivity contribution in [1.82, 2.24) is 0 Å². The summed E-state index contributed by atoms with van der Waals surface area (Å²) in [5.74, 6) is -0.933. The van der Waals surface area contributed by atoms with Gasteiger partial charge in [0.05, 0.1) is 13.2 Å². The van der Waals surface area contributed by atoms with Crippen LogP contribution in [0.25, 0.3) is 0 Å². The van der Waals surface area contributed by atoms with Gasteiger partial charge in [0, 0.05) is 12.8 Å². The molecule has 170 valence electrons. The Balaban J connectivity index is 2.60. The minimum absolute atomic E-state index is 0.158. The van der Waals surface area contributed by atoms with Gasteiger partial charge in [-0.15, -0.1) is 0 Å². The van der Waals surface area contributed by atoms with Gasteiger partial charge in [0.2, 0.25) is 0 Å². The Bertz CT molecular complexity index is 484. The van der Waals surface area contributed by atoms with Crippen LogP contribution in [-0.2, 0) is 28.5 Å². The molecule has 1 fully saturated rings. The fourth-order valence-electron chi connectivity index (χ4n) is 2.75. The summed E-state index contributed by atoms with van der Waals surface area (Å²) in [5.41, 5.74) is 0. The predicted molar refractivity (Wildman–Crippen MR) is 99.6 cm³/mol. The minimum atomic E-state index is -1.58. The van der Waals surface area contributed by atoms with Gasteiger partial charge < -0.3 is 39.4 Å². The van der Waals surface area contributed by atoms with Crippen LogP contribution >= 0.6 is 0 Å². The molecule has 29 heavy (non-hydrogen) atoms. The van der Waals surface area contributed by atoms with Crippen LogP contribution in [0, 0.1) is 0 Å². The number of hydrogen-bond donors (Lipinski definition) is 4. The van der Waals surface area contributed by atoms with E-state index in [9.17, 15) is 30.0 Å². The molecule has 0 aliphatic carbocycles. The fraction of sp³-hybridized carbons (Fsp3) is 0.895. The molecule has 0 bridgehead atoms. The molecule has 1 rings (SSSR count). The van der Waals surface area contributed by atoms with E-state index < -0.39 is 55.4 Å². The van der Waals surface area contributed by atoms with Crippen LogP contribution in [0.2, 0.25) is 0 Å². The molecule has 1 heterocycles. The Labute approximate surface area is 170 Å². The van der Waals surface area contributed by atoms with Crippen molar-refractivity contribution in [3.8, 4) is 0 Å². The number of unbranched alkanes of at least 4 members (excludes halogenated alkanes) is 3. The van der Waals surface area contributed by atoms with E-state index in [1.807, 2.05) is 0 Å². The molecule has 1 aliphatic rings. The molecule has 1 saturated heterocycles. The van der Waals surface area contributed by atoms with Crippen LogP contribution in [0.3, 0.4) is 0 Å². The van der Waals surface area contributed by atoms with E-state index in [-0.39, 0.29) is 26.1 Å². The van der Waals surface area contributed by atoms with Gasteiger partial charge in [0.25, 0.3) is 0 Å². The summed E-state index contributed by atoms with van der Waals surface area (Å²) in [4.78, 5) is 23.4. The molecule has 0 spiro atoms. The number of hydrogen-bond acceptors (Lipinski definition) is 10. The Kier molecular flexibility index (Phi) is 12.3. The van der Waals surface area contributed by atoms with E-state index in [0.29, 0.717) is 6.42 Å². The first kappa shape index (κ1) is 25.7. The maximum absolute atomic E-state index is 12.0. The lowest BCUT2D eigenvalue weighted by Gasteiger charge is -2.39. The van der Waals surface area contributed by atoms with E-state index in [4.69, 9.17) is 18.9 Å². The first-order valence-corrected chi connectivity index (χ1v) is 10.1. The summed E-state index contributed by atoms with van der Waals surface area (Å²) in [5, 5.41) is 38.8. The number of aliphatic hydroxyl groups excluding tert-OH is 4. The zero-order chi connectivity index (χ0) is 21.8. The molecule has 6 unspecified atom stereocenters. The number of rotatable bonds is 13. The summed E-state index contributed by atoms with van der Waals surface area (Å²) in [7, 11) is 0. The van der Waals surface area contributed by atoms with Gasteiger partial charge in [0.15, 0.2) is 12.4 Å². The van der Waals surface area contributed by atoms with Crippen molar-refractivity contribution in [2.24, 2.45) is 0 Å². The topological polar surface area (TPSA) is 152 Å². The van der Waals surface area contributed by atoms with Crippen molar-refractivity contribution >= 4 is 11.9 Å². The van der Waals surface area contributed by atoms with Gasteiger partial charge in [0.1, 0.15) is 31.0 Å². The Morgan fingerprint density at radius 2 is 1.69 bits per heavy atom. The largest absolute Gasteiger partial charge is 0.462 e. The Morgan fingerprint density at radius 1 is 0.966 bits per heavy atom.